The third-order valence-electron chi connectivity index (χ3n) is 4.88. The third kappa shape index (κ3) is 3.01. The maximum atomic E-state index is 3.56. The summed E-state index contributed by atoms with van der Waals surface area (Å²) in [7, 11) is 2.32. The van der Waals surface area contributed by atoms with Crippen LogP contribution >= 0.6 is 0 Å². The molecule has 3 rings (SSSR count). The smallest absolute Gasteiger partial charge is 0.0360 e. The maximum Gasteiger partial charge on any atom is 0.0360 e. The highest BCUT2D eigenvalue weighted by Crippen LogP contribution is 2.32. The molecule has 1 fully saturated rings. The molecule has 19 heavy (non-hydrogen) atoms. The zero-order valence-corrected chi connectivity index (χ0v) is 12.1. The predicted molar refractivity (Wildman–Crippen MR) is 80.1 cm³/mol. The second kappa shape index (κ2) is 6.06. The van der Waals surface area contributed by atoms with Crippen molar-refractivity contribution >= 4 is 0 Å². The topological polar surface area (TPSA) is 15.3 Å². The van der Waals surface area contributed by atoms with Gasteiger partial charge < -0.3 is 5.32 Å². The third-order valence-corrected chi connectivity index (χ3v) is 4.88. The molecule has 1 unspecified atom stereocenters. The minimum Gasteiger partial charge on any atom is -0.313 e. The lowest BCUT2D eigenvalue weighted by atomic mass is 9.97. The molecule has 1 heterocycles. The van der Waals surface area contributed by atoms with E-state index in [-0.39, 0.29) is 0 Å². The van der Waals surface area contributed by atoms with Crippen LogP contribution in [0.25, 0.3) is 0 Å². The van der Waals surface area contributed by atoms with E-state index in [1.54, 1.807) is 5.56 Å². The van der Waals surface area contributed by atoms with E-state index in [0.29, 0.717) is 6.04 Å². The van der Waals surface area contributed by atoms with Gasteiger partial charge in [0, 0.05) is 19.1 Å². The molecular weight excluding hydrogens is 232 g/mol. The van der Waals surface area contributed by atoms with Crippen molar-refractivity contribution in [3.63, 3.8) is 0 Å². The second-order valence-corrected chi connectivity index (χ2v) is 6.27. The molecule has 1 N–H and O–H groups in total. The molecule has 0 radical (unpaired) electrons. The molecule has 0 saturated heterocycles. The van der Waals surface area contributed by atoms with Crippen LogP contribution in [0, 0.1) is 5.92 Å². The van der Waals surface area contributed by atoms with E-state index in [2.05, 4.69) is 41.5 Å². The number of rotatable bonds is 3. The molecule has 0 amide bonds. The first-order chi connectivity index (χ1) is 9.34. The first kappa shape index (κ1) is 13.1. The van der Waals surface area contributed by atoms with Gasteiger partial charge in [-0.15, -0.1) is 0 Å². The van der Waals surface area contributed by atoms with E-state index in [4.69, 9.17) is 0 Å². The van der Waals surface area contributed by atoms with E-state index in [1.807, 2.05) is 0 Å². The van der Waals surface area contributed by atoms with Crippen LogP contribution in [0.2, 0.25) is 0 Å². The van der Waals surface area contributed by atoms with Crippen molar-refractivity contribution in [2.45, 2.75) is 44.7 Å². The maximum absolute atomic E-state index is 3.56. The van der Waals surface area contributed by atoms with Gasteiger partial charge in [-0.25, -0.2) is 0 Å². The number of fused-ring (bicyclic) bond motifs is 1. The van der Waals surface area contributed by atoms with Crippen molar-refractivity contribution in [1.82, 2.24) is 10.2 Å². The van der Waals surface area contributed by atoms with Crippen molar-refractivity contribution in [2.24, 2.45) is 5.92 Å². The number of hydrogen-bond acceptors (Lipinski definition) is 2. The molecule has 2 nitrogen and oxygen atoms in total. The lowest BCUT2D eigenvalue weighted by Gasteiger charge is -2.30. The van der Waals surface area contributed by atoms with E-state index in [9.17, 15) is 0 Å². The molecular formula is C17H26N2. The van der Waals surface area contributed by atoms with E-state index in [0.717, 1.165) is 19.0 Å². The monoisotopic (exact) mass is 258 g/mol. The fourth-order valence-electron chi connectivity index (χ4n) is 3.82. The van der Waals surface area contributed by atoms with Gasteiger partial charge in [-0.05, 0) is 49.9 Å². The van der Waals surface area contributed by atoms with Gasteiger partial charge in [-0.1, -0.05) is 37.1 Å². The van der Waals surface area contributed by atoms with Crippen LogP contribution in [0.5, 0.6) is 0 Å². The molecule has 1 aromatic rings. The molecule has 0 spiro atoms. The first-order valence-electron chi connectivity index (χ1n) is 7.83. The summed E-state index contributed by atoms with van der Waals surface area (Å²) < 4.78 is 0. The molecule has 2 aliphatic rings. The SMILES string of the molecule is CN(CC1CCCC1)C1CCNCc2ccccc21. The van der Waals surface area contributed by atoms with Gasteiger partial charge in [0.2, 0.25) is 0 Å². The average molecular weight is 258 g/mol. The predicted octanol–water partition coefficient (Wildman–Crippen LogP) is 3.34. The molecule has 1 aromatic carbocycles. The minimum absolute atomic E-state index is 0.604. The number of benzene rings is 1. The Morgan fingerprint density at radius 2 is 1.95 bits per heavy atom. The summed E-state index contributed by atoms with van der Waals surface area (Å²) in [5, 5.41) is 3.56. The Kier molecular flexibility index (Phi) is 4.19. The Morgan fingerprint density at radius 3 is 2.79 bits per heavy atom. The minimum atomic E-state index is 0.604. The van der Waals surface area contributed by atoms with Gasteiger partial charge in [0.1, 0.15) is 0 Å². The second-order valence-electron chi connectivity index (χ2n) is 6.27. The number of hydrogen-bond donors (Lipinski definition) is 1. The van der Waals surface area contributed by atoms with Crippen LogP contribution in [-0.2, 0) is 6.54 Å². The molecule has 1 aliphatic heterocycles. The van der Waals surface area contributed by atoms with Crippen LogP contribution in [0.1, 0.15) is 49.3 Å². The Morgan fingerprint density at radius 1 is 1.16 bits per heavy atom. The normalized spacial score (nSPS) is 24.4. The van der Waals surface area contributed by atoms with E-state index >= 15 is 0 Å². The lowest BCUT2D eigenvalue weighted by molar-refractivity contribution is 0.200. The van der Waals surface area contributed by atoms with Gasteiger partial charge in [-0.2, -0.15) is 0 Å². The van der Waals surface area contributed by atoms with E-state index in [1.165, 1.54) is 44.2 Å². The van der Waals surface area contributed by atoms with E-state index < -0.39 is 0 Å². The fraction of sp³-hybridized carbons (Fsp3) is 0.647. The highest BCUT2D eigenvalue weighted by molar-refractivity contribution is 5.31. The molecule has 104 valence electrons. The first-order valence-corrected chi connectivity index (χ1v) is 7.83. The van der Waals surface area contributed by atoms with Crippen LogP contribution in [0.4, 0.5) is 0 Å². The van der Waals surface area contributed by atoms with Gasteiger partial charge in [0.15, 0.2) is 0 Å². The van der Waals surface area contributed by atoms with Crippen molar-refractivity contribution in [1.29, 1.82) is 0 Å². The Hall–Kier alpha value is -0.860. The zero-order chi connectivity index (χ0) is 13.1. The molecule has 0 bridgehead atoms. The van der Waals surface area contributed by atoms with Crippen LogP contribution < -0.4 is 5.32 Å². The summed E-state index contributed by atoms with van der Waals surface area (Å²) in [6.07, 6.45) is 7.01. The average Bonchev–Trinajstić information content (AvgIpc) is 2.83. The summed E-state index contributed by atoms with van der Waals surface area (Å²) in [6.45, 7) is 3.44. The quantitative estimate of drug-likeness (QED) is 0.894. The Balaban J connectivity index is 1.75. The summed E-state index contributed by atoms with van der Waals surface area (Å²) >= 11 is 0. The van der Waals surface area contributed by atoms with Crippen LogP contribution in [0.15, 0.2) is 24.3 Å². The fourth-order valence-corrected chi connectivity index (χ4v) is 3.82. The van der Waals surface area contributed by atoms with Crippen LogP contribution in [-0.4, -0.2) is 25.0 Å². The molecule has 2 heteroatoms. The molecule has 0 aromatic heterocycles. The largest absolute Gasteiger partial charge is 0.313 e. The van der Waals surface area contributed by atoms with Gasteiger partial charge in [0.05, 0.1) is 0 Å². The Bertz CT molecular complexity index is 409. The molecule has 1 atom stereocenters. The summed E-state index contributed by atoms with van der Waals surface area (Å²) in [5.41, 5.74) is 3.04. The highest BCUT2D eigenvalue weighted by atomic mass is 15.1. The van der Waals surface area contributed by atoms with Gasteiger partial charge in [0.25, 0.3) is 0 Å². The van der Waals surface area contributed by atoms with Crippen molar-refractivity contribution in [3.05, 3.63) is 35.4 Å². The molecule has 1 saturated carbocycles. The zero-order valence-electron chi connectivity index (χ0n) is 12.1. The van der Waals surface area contributed by atoms with Gasteiger partial charge in [-0.3, -0.25) is 4.90 Å². The van der Waals surface area contributed by atoms with Gasteiger partial charge >= 0.3 is 0 Å². The van der Waals surface area contributed by atoms with Crippen molar-refractivity contribution < 1.29 is 0 Å². The van der Waals surface area contributed by atoms with Crippen molar-refractivity contribution in [2.75, 3.05) is 20.1 Å². The lowest BCUT2D eigenvalue weighted by Crippen LogP contribution is -2.30. The standard InChI is InChI=1S/C17H26N2/c1-19(13-14-6-2-3-7-14)17-10-11-18-12-15-8-4-5-9-16(15)17/h4-5,8-9,14,17-18H,2-3,6-7,10-13H2,1H3. The summed E-state index contributed by atoms with van der Waals surface area (Å²) in [6, 6.07) is 9.58. The summed E-state index contributed by atoms with van der Waals surface area (Å²) in [4.78, 5) is 2.61. The Labute approximate surface area is 117 Å². The van der Waals surface area contributed by atoms with Crippen LogP contribution in [0.3, 0.4) is 0 Å². The number of nitrogens with zero attached hydrogens (tertiary/aromatic N) is 1. The van der Waals surface area contributed by atoms with Crippen molar-refractivity contribution in [3.8, 4) is 0 Å². The molecule has 1 aliphatic carbocycles. The highest BCUT2D eigenvalue weighted by Gasteiger charge is 2.25. The summed E-state index contributed by atoms with van der Waals surface area (Å²) in [5.74, 6) is 0.938. The number of nitrogens with one attached hydrogen (secondary N) is 1.